The number of carbonyl (C=O) groups is 1. The number of nitrogens with zero attached hydrogens (tertiary/aromatic N) is 1. The molecule has 1 amide bonds. The highest BCUT2D eigenvalue weighted by Gasteiger charge is 2.34. The minimum absolute atomic E-state index is 0.207. The number of rotatable bonds is 4. The molecule has 8 heteroatoms. The van der Waals surface area contributed by atoms with Crippen molar-refractivity contribution in [2.45, 2.75) is 38.2 Å². The number of aliphatic hydroxyl groups excluding tert-OH is 1. The summed E-state index contributed by atoms with van der Waals surface area (Å²) in [7, 11) is 0. The number of hydrogen-bond acceptors (Lipinski definition) is 5. The Morgan fingerprint density at radius 3 is 2.72 bits per heavy atom. The third-order valence-electron chi connectivity index (χ3n) is 4.16. The van der Waals surface area contributed by atoms with E-state index in [-0.39, 0.29) is 18.1 Å². The molecule has 132 valence electrons. The van der Waals surface area contributed by atoms with Crippen LogP contribution < -0.4 is 16.6 Å². The van der Waals surface area contributed by atoms with Crippen LogP contribution in [0.15, 0.2) is 46.1 Å². The summed E-state index contributed by atoms with van der Waals surface area (Å²) in [5.41, 5.74) is -1.14. The highest BCUT2D eigenvalue weighted by Crippen LogP contribution is 2.29. The van der Waals surface area contributed by atoms with Crippen molar-refractivity contribution >= 4 is 11.6 Å². The van der Waals surface area contributed by atoms with E-state index in [1.807, 2.05) is 6.92 Å². The number of para-hydroxylation sites is 1. The van der Waals surface area contributed by atoms with Gasteiger partial charge in [-0.2, -0.15) is 0 Å². The SMILES string of the molecule is CC[C@H]1O[C@@H](n2cc(C(=O)Nc3ccccc3)c(=O)[nH]c2=O)CC1O. The predicted molar refractivity (Wildman–Crippen MR) is 90.5 cm³/mol. The lowest BCUT2D eigenvalue weighted by Gasteiger charge is -2.15. The summed E-state index contributed by atoms with van der Waals surface area (Å²) in [6.45, 7) is 1.87. The van der Waals surface area contributed by atoms with Crippen molar-refractivity contribution in [2.24, 2.45) is 0 Å². The smallest absolute Gasteiger partial charge is 0.330 e. The van der Waals surface area contributed by atoms with E-state index in [9.17, 15) is 19.5 Å². The lowest BCUT2D eigenvalue weighted by Crippen LogP contribution is -2.36. The molecule has 0 spiro atoms. The Balaban J connectivity index is 1.90. The monoisotopic (exact) mass is 345 g/mol. The van der Waals surface area contributed by atoms with Gasteiger partial charge in [-0.25, -0.2) is 4.79 Å². The van der Waals surface area contributed by atoms with Crippen molar-refractivity contribution in [1.82, 2.24) is 9.55 Å². The predicted octanol–water partition coefficient (Wildman–Crippen LogP) is 0.847. The van der Waals surface area contributed by atoms with Gasteiger partial charge in [-0.05, 0) is 18.6 Å². The molecule has 8 nitrogen and oxygen atoms in total. The number of nitrogens with one attached hydrogen (secondary N) is 2. The van der Waals surface area contributed by atoms with Crippen molar-refractivity contribution < 1.29 is 14.6 Å². The van der Waals surface area contributed by atoms with Crippen LogP contribution in [0.25, 0.3) is 0 Å². The van der Waals surface area contributed by atoms with Crippen molar-refractivity contribution in [3.8, 4) is 0 Å². The van der Waals surface area contributed by atoms with Crippen LogP contribution in [-0.4, -0.2) is 32.8 Å². The van der Waals surface area contributed by atoms with Crippen LogP contribution in [0, 0.1) is 0 Å². The molecule has 1 fully saturated rings. The lowest BCUT2D eigenvalue weighted by molar-refractivity contribution is -0.0218. The zero-order valence-corrected chi connectivity index (χ0v) is 13.6. The highest BCUT2D eigenvalue weighted by atomic mass is 16.5. The Kier molecular flexibility index (Phi) is 4.82. The molecular formula is C17H19N3O5. The largest absolute Gasteiger partial charge is 0.390 e. The zero-order valence-electron chi connectivity index (χ0n) is 13.6. The van der Waals surface area contributed by atoms with Gasteiger partial charge in [0, 0.05) is 18.3 Å². The summed E-state index contributed by atoms with van der Waals surface area (Å²) in [6.07, 6.45) is 0.171. The summed E-state index contributed by atoms with van der Waals surface area (Å²) in [5, 5.41) is 12.5. The molecule has 0 bridgehead atoms. The molecule has 2 aromatic rings. The number of aromatic nitrogens is 2. The van der Waals surface area contributed by atoms with E-state index in [2.05, 4.69) is 10.3 Å². The van der Waals surface area contributed by atoms with Crippen LogP contribution in [0.4, 0.5) is 5.69 Å². The molecule has 3 atom stereocenters. The van der Waals surface area contributed by atoms with E-state index >= 15 is 0 Å². The zero-order chi connectivity index (χ0) is 18.0. The first-order valence-electron chi connectivity index (χ1n) is 8.05. The fourth-order valence-electron chi connectivity index (χ4n) is 2.83. The van der Waals surface area contributed by atoms with E-state index in [0.29, 0.717) is 12.1 Å². The van der Waals surface area contributed by atoms with Crippen molar-refractivity contribution in [2.75, 3.05) is 5.32 Å². The molecule has 0 aliphatic carbocycles. The topological polar surface area (TPSA) is 113 Å². The molecule has 1 aliphatic rings. The minimum Gasteiger partial charge on any atom is -0.390 e. The van der Waals surface area contributed by atoms with Gasteiger partial charge in [-0.1, -0.05) is 25.1 Å². The fourth-order valence-corrected chi connectivity index (χ4v) is 2.83. The summed E-state index contributed by atoms with van der Waals surface area (Å²) in [6, 6.07) is 8.67. The average Bonchev–Trinajstić information content (AvgIpc) is 2.96. The third-order valence-corrected chi connectivity index (χ3v) is 4.16. The number of carbonyl (C=O) groups excluding carboxylic acids is 1. The lowest BCUT2D eigenvalue weighted by atomic mass is 10.1. The van der Waals surface area contributed by atoms with Crippen LogP contribution in [-0.2, 0) is 4.74 Å². The second-order valence-electron chi connectivity index (χ2n) is 5.87. The maximum Gasteiger partial charge on any atom is 0.330 e. The summed E-state index contributed by atoms with van der Waals surface area (Å²) < 4.78 is 6.78. The number of anilines is 1. The molecule has 1 unspecified atom stereocenters. The molecule has 2 heterocycles. The normalized spacial score (nSPS) is 22.7. The van der Waals surface area contributed by atoms with E-state index < -0.39 is 29.5 Å². The molecular weight excluding hydrogens is 326 g/mol. The number of aliphatic hydroxyl groups is 1. The summed E-state index contributed by atoms with van der Waals surface area (Å²) >= 11 is 0. The Morgan fingerprint density at radius 2 is 2.08 bits per heavy atom. The average molecular weight is 345 g/mol. The summed E-state index contributed by atoms with van der Waals surface area (Å²) in [5.74, 6) is -0.633. The Bertz CT molecular complexity index is 874. The Labute approximate surface area is 143 Å². The van der Waals surface area contributed by atoms with Crippen molar-refractivity contribution in [1.29, 1.82) is 0 Å². The van der Waals surface area contributed by atoms with Crippen LogP contribution >= 0.6 is 0 Å². The molecule has 1 aromatic heterocycles. The van der Waals surface area contributed by atoms with Gasteiger partial charge < -0.3 is 15.2 Å². The molecule has 0 radical (unpaired) electrons. The van der Waals surface area contributed by atoms with Crippen molar-refractivity contribution in [3.63, 3.8) is 0 Å². The first-order chi connectivity index (χ1) is 12.0. The minimum atomic E-state index is -0.778. The molecule has 1 aliphatic heterocycles. The van der Waals surface area contributed by atoms with E-state index in [1.54, 1.807) is 30.3 Å². The van der Waals surface area contributed by atoms with Gasteiger partial charge in [0.25, 0.3) is 11.5 Å². The number of ether oxygens (including phenoxy) is 1. The van der Waals surface area contributed by atoms with Gasteiger partial charge >= 0.3 is 5.69 Å². The number of amides is 1. The first-order valence-corrected chi connectivity index (χ1v) is 8.05. The summed E-state index contributed by atoms with van der Waals surface area (Å²) in [4.78, 5) is 38.6. The van der Waals surface area contributed by atoms with Crippen LogP contribution in [0.1, 0.15) is 36.4 Å². The second-order valence-corrected chi connectivity index (χ2v) is 5.87. The van der Waals surface area contributed by atoms with E-state index in [1.165, 1.54) is 6.20 Å². The maximum absolute atomic E-state index is 12.4. The van der Waals surface area contributed by atoms with Crippen molar-refractivity contribution in [3.05, 3.63) is 62.9 Å². The first kappa shape index (κ1) is 17.1. The molecule has 0 saturated carbocycles. The van der Waals surface area contributed by atoms with Crippen LogP contribution in [0.5, 0.6) is 0 Å². The van der Waals surface area contributed by atoms with E-state index in [4.69, 9.17) is 4.74 Å². The van der Waals surface area contributed by atoms with Gasteiger partial charge in [-0.3, -0.25) is 19.1 Å². The van der Waals surface area contributed by atoms with Gasteiger partial charge in [0.2, 0.25) is 0 Å². The molecule has 3 N–H and O–H groups in total. The van der Waals surface area contributed by atoms with Gasteiger partial charge in [0.05, 0.1) is 12.2 Å². The quantitative estimate of drug-likeness (QED) is 0.760. The third kappa shape index (κ3) is 3.54. The molecule has 25 heavy (non-hydrogen) atoms. The number of aromatic amines is 1. The van der Waals surface area contributed by atoms with Gasteiger partial charge in [0.15, 0.2) is 0 Å². The van der Waals surface area contributed by atoms with Gasteiger partial charge in [-0.15, -0.1) is 0 Å². The van der Waals surface area contributed by atoms with Crippen LogP contribution in [0.2, 0.25) is 0 Å². The van der Waals surface area contributed by atoms with Crippen LogP contribution in [0.3, 0.4) is 0 Å². The molecule has 3 rings (SSSR count). The number of H-pyrrole nitrogens is 1. The number of hydrogen-bond donors (Lipinski definition) is 3. The van der Waals surface area contributed by atoms with E-state index in [0.717, 1.165) is 4.57 Å². The highest BCUT2D eigenvalue weighted by molar-refractivity contribution is 6.03. The Hall–Kier alpha value is -2.71. The number of benzene rings is 1. The van der Waals surface area contributed by atoms with Gasteiger partial charge in [0.1, 0.15) is 11.8 Å². The second kappa shape index (κ2) is 7.04. The maximum atomic E-state index is 12.4. The standard InChI is InChI=1S/C17H19N3O5/c1-2-13-12(21)8-14(25-13)20-9-11(16(23)19-17(20)24)15(22)18-10-6-4-3-5-7-10/h3-7,9,12-14,21H,2,8H2,1H3,(H,18,22)(H,19,23,24)/t12?,13-,14-/m1/s1. The molecule has 1 saturated heterocycles. The molecule has 1 aromatic carbocycles. The fraction of sp³-hybridized carbons (Fsp3) is 0.353. The Morgan fingerprint density at radius 1 is 1.36 bits per heavy atom.